The normalized spacial score (nSPS) is 13.1. The highest BCUT2D eigenvalue weighted by Gasteiger charge is 2.11. The highest BCUT2D eigenvalue weighted by molar-refractivity contribution is 5.16. The lowest BCUT2D eigenvalue weighted by atomic mass is 10.0. The van der Waals surface area contributed by atoms with Crippen molar-refractivity contribution in [2.45, 2.75) is 39.8 Å². The van der Waals surface area contributed by atoms with Crippen molar-refractivity contribution in [3.8, 4) is 0 Å². The van der Waals surface area contributed by atoms with Crippen molar-refractivity contribution in [2.24, 2.45) is 5.92 Å². The van der Waals surface area contributed by atoms with Crippen molar-refractivity contribution >= 4 is 0 Å². The van der Waals surface area contributed by atoms with Crippen molar-refractivity contribution in [3.63, 3.8) is 0 Å². The molecule has 0 bridgehead atoms. The van der Waals surface area contributed by atoms with Gasteiger partial charge in [-0.05, 0) is 30.4 Å². The molecule has 0 fully saturated rings. The molecule has 1 atom stereocenters. The van der Waals surface area contributed by atoms with Crippen molar-refractivity contribution in [2.75, 3.05) is 6.61 Å². The second-order valence-corrected chi connectivity index (χ2v) is 4.61. The third-order valence-corrected chi connectivity index (χ3v) is 2.74. The molecule has 1 rings (SSSR count). The smallest absolute Gasteiger partial charge is 0.0445 e. The van der Waals surface area contributed by atoms with Crippen LogP contribution in [0, 0.1) is 12.8 Å². The number of aliphatic hydroxyl groups is 1. The summed E-state index contributed by atoms with van der Waals surface area (Å²) in [5.74, 6) is 0.532. The summed E-state index contributed by atoms with van der Waals surface area (Å²) in [6, 6.07) is 2.50. The fourth-order valence-corrected chi connectivity index (χ4v) is 1.77. The lowest BCUT2D eigenvalue weighted by Gasteiger charge is -2.21. The topological polar surface area (TPSA) is 45.2 Å². The Labute approximate surface area is 97.9 Å². The molecule has 0 aromatic carbocycles. The maximum atomic E-state index is 8.97. The summed E-state index contributed by atoms with van der Waals surface area (Å²) in [5.41, 5.74) is 2.38. The van der Waals surface area contributed by atoms with E-state index in [4.69, 9.17) is 5.11 Å². The molecule has 0 aliphatic heterocycles. The predicted octanol–water partition coefficient (Wildman–Crippen LogP) is 1.89. The number of aryl methyl sites for hydroxylation is 1. The molecule has 0 saturated carbocycles. The zero-order chi connectivity index (χ0) is 12.0. The number of hydrogen-bond acceptors (Lipinski definition) is 3. The van der Waals surface area contributed by atoms with Crippen LogP contribution in [0.3, 0.4) is 0 Å². The Morgan fingerprint density at radius 1 is 1.38 bits per heavy atom. The van der Waals surface area contributed by atoms with Crippen molar-refractivity contribution in [3.05, 3.63) is 29.6 Å². The first kappa shape index (κ1) is 13.1. The van der Waals surface area contributed by atoms with Gasteiger partial charge in [0.25, 0.3) is 0 Å². The lowest BCUT2D eigenvalue weighted by Crippen LogP contribution is -2.34. The zero-order valence-corrected chi connectivity index (χ0v) is 10.4. The molecule has 3 heteroatoms. The standard InChI is InChI=1S/C13H22N2O/c1-10(2)13(4-5-16)15-9-12-6-11(3)7-14-8-12/h6-8,10,13,15-16H,4-5,9H2,1-3H3. The third kappa shape index (κ3) is 4.29. The molecular weight excluding hydrogens is 200 g/mol. The minimum absolute atomic E-state index is 0.238. The van der Waals surface area contributed by atoms with Crippen LogP contribution < -0.4 is 5.32 Å². The van der Waals surface area contributed by atoms with Gasteiger partial charge < -0.3 is 10.4 Å². The molecule has 1 aromatic heterocycles. The predicted molar refractivity (Wildman–Crippen MR) is 66.1 cm³/mol. The Morgan fingerprint density at radius 3 is 2.69 bits per heavy atom. The van der Waals surface area contributed by atoms with Crippen LogP contribution in [-0.4, -0.2) is 22.7 Å². The maximum Gasteiger partial charge on any atom is 0.0445 e. The Bertz CT molecular complexity index is 313. The largest absolute Gasteiger partial charge is 0.396 e. The van der Waals surface area contributed by atoms with Gasteiger partial charge in [0.2, 0.25) is 0 Å². The number of nitrogens with one attached hydrogen (secondary N) is 1. The first-order valence-electron chi connectivity index (χ1n) is 5.88. The number of pyridine rings is 1. The minimum Gasteiger partial charge on any atom is -0.396 e. The van der Waals surface area contributed by atoms with E-state index >= 15 is 0 Å². The van der Waals surface area contributed by atoms with Gasteiger partial charge in [-0.25, -0.2) is 0 Å². The van der Waals surface area contributed by atoms with E-state index in [-0.39, 0.29) is 6.61 Å². The van der Waals surface area contributed by atoms with Crippen LogP contribution in [0.1, 0.15) is 31.4 Å². The number of aliphatic hydroxyl groups excluding tert-OH is 1. The second-order valence-electron chi connectivity index (χ2n) is 4.61. The Balaban J connectivity index is 2.48. The van der Waals surface area contributed by atoms with Gasteiger partial charge in [-0.2, -0.15) is 0 Å². The molecule has 1 heterocycles. The second kappa shape index (κ2) is 6.61. The van der Waals surface area contributed by atoms with Crippen molar-refractivity contribution < 1.29 is 5.11 Å². The number of hydrogen-bond donors (Lipinski definition) is 2. The quantitative estimate of drug-likeness (QED) is 0.772. The molecule has 1 unspecified atom stereocenters. The van der Waals surface area contributed by atoms with E-state index < -0.39 is 0 Å². The molecule has 90 valence electrons. The highest BCUT2D eigenvalue weighted by atomic mass is 16.3. The van der Waals surface area contributed by atoms with Gasteiger partial charge in [-0.3, -0.25) is 4.98 Å². The number of rotatable bonds is 6. The van der Waals surface area contributed by atoms with E-state index in [9.17, 15) is 0 Å². The Hall–Kier alpha value is -0.930. The molecule has 0 aliphatic rings. The molecule has 0 saturated heterocycles. The van der Waals surface area contributed by atoms with Crippen molar-refractivity contribution in [1.82, 2.24) is 10.3 Å². The summed E-state index contributed by atoms with van der Waals surface area (Å²) in [7, 11) is 0. The van der Waals surface area contributed by atoms with E-state index in [1.165, 1.54) is 11.1 Å². The minimum atomic E-state index is 0.238. The average Bonchev–Trinajstić information content (AvgIpc) is 2.24. The highest BCUT2D eigenvalue weighted by Crippen LogP contribution is 2.07. The molecule has 0 spiro atoms. The van der Waals surface area contributed by atoms with E-state index in [2.05, 4.69) is 30.2 Å². The monoisotopic (exact) mass is 222 g/mol. The molecule has 2 N–H and O–H groups in total. The van der Waals surface area contributed by atoms with Gasteiger partial charge in [0.05, 0.1) is 0 Å². The van der Waals surface area contributed by atoms with Gasteiger partial charge in [-0.15, -0.1) is 0 Å². The first-order chi connectivity index (χ1) is 7.63. The SMILES string of the molecule is Cc1cncc(CNC(CCO)C(C)C)c1. The average molecular weight is 222 g/mol. The molecule has 3 nitrogen and oxygen atoms in total. The lowest BCUT2D eigenvalue weighted by molar-refractivity contribution is 0.244. The van der Waals surface area contributed by atoms with Crippen LogP contribution >= 0.6 is 0 Å². The van der Waals surface area contributed by atoms with Crippen molar-refractivity contribution in [1.29, 1.82) is 0 Å². The summed E-state index contributed by atoms with van der Waals surface area (Å²) in [6.45, 7) is 7.44. The summed E-state index contributed by atoms with van der Waals surface area (Å²) < 4.78 is 0. The van der Waals surface area contributed by atoms with Crippen LogP contribution in [0.5, 0.6) is 0 Å². The summed E-state index contributed by atoms with van der Waals surface area (Å²) >= 11 is 0. The number of nitrogens with zero attached hydrogens (tertiary/aromatic N) is 1. The van der Waals surface area contributed by atoms with Gasteiger partial charge in [0.15, 0.2) is 0 Å². The van der Waals surface area contributed by atoms with E-state index in [1.54, 1.807) is 0 Å². The van der Waals surface area contributed by atoms with E-state index in [0.717, 1.165) is 13.0 Å². The van der Waals surface area contributed by atoms with Gasteiger partial charge in [0, 0.05) is 31.6 Å². The molecule has 0 aliphatic carbocycles. The fourth-order valence-electron chi connectivity index (χ4n) is 1.77. The third-order valence-electron chi connectivity index (χ3n) is 2.74. The van der Waals surface area contributed by atoms with Crippen LogP contribution in [0.2, 0.25) is 0 Å². The zero-order valence-electron chi connectivity index (χ0n) is 10.4. The van der Waals surface area contributed by atoms with Gasteiger partial charge in [-0.1, -0.05) is 19.9 Å². The molecule has 1 aromatic rings. The van der Waals surface area contributed by atoms with Crippen LogP contribution in [-0.2, 0) is 6.54 Å². The molecule has 0 amide bonds. The fraction of sp³-hybridized carbons (Fsp3) is 0.615. The Kier molecular flexibility index (Phi) is 5.43. The molecule has 0 radical (unpaired) electrons. The summed E-state index contributed by atoms with van der Waals surface area (Å²) in [6.07, 6.45) is 4.55. The number of aromatic nitrogens is 1. The van der Waals surface area contributed by atoms with Crippen LogP contribution in [0.25, 0.3) is 0 Å². The van der Waals surface area contributed by atoms with Gasteiger partial charge >= 0.3 is 0 Å². The molecular formula is C13H22N2O. The van der Waals surface area contributed by atoms with Crippen LogP contribution in [0.15, 0.2) is 18.5 Å². The van der Waals surface area contributed by atoms with E-state index in [0.29, 0.717) is 12.0 Å². The van der Waals surface area contributed by atoms with Gasteiger partial charge in [0.1, 0.15) is 0 Å². The summed E-state index contributed by atoms with van der Waals surface area (Å²) in [5, 5.41) is 12.4. The summed E-state index contributed by atoms with van der Waals surface area (Å²) in [4.78, 5) is 4.16. The Morgan fingerprint density at radius 2 is 2.12 bits per heavy atom. The molecule has 16 heavy (non-hydrogen) atoms. The van der Waals surface area contributed by atoms with E-state index in [1.807, 2.05) is 19.3 Å². The first-order valence-corrected chi connectivity index (χ1v) is 5.88. The maximum absolute atomic E-state index is 8.97. The van der Waals surface area contributed by atoms with Crippen LogP contribution in [0.4, 0.5) is 0 Å².